The van der Waals surface area contributed by atoms with Crippen molar-refractivity contribution in [3.8, 4) is 0 Å². The van der Waals surface area contributed by atoms with E-state index in [2.05, 4.69) is 0 Å². The van der Waals surface area contributed by atoms with Crippen molar-refractivity contribution in [2.24, 2.45) is 5.92 Å². The zero-order valence-corrected chi connectivity index (χ0v) is 8.35. The minimum Gasteiger partial charge on any atom is -0.393 e. The number of halogens is 1. The van der Waals surface area contributed by atoms with Crippen LogP contribution in [0.15, 0.2) is 11.1 Å². The van der Waals surface area contributed by atoms with Crippen molar-refractivity contribution in [2.45, 2.75) is 45.1 Å². The molecule has 0 aliphatic heterocycles. The topological polar surface area (TPSA) is 20.2 Å². The van der Waals surface area contributed by atoms with Crippen molar-refractivity contribution < 1.29 is 5.11 Å². The maximum absolute atomic E-state index is 9.64. The maximum Gasteiger partial charge on any atom is 0.0571 e. The standard InChI is InChI=1S/C10H17ClO/c1-8(7-11)6-9-4-2-3-5-10(9)12/h7,9-10,12H,2-6H2,1H3. The number of hydrogen-bond acceptors (Lipinski definition) is 1. The Bertz CT molecular complexity index is 165. The third-order valence-electron chi connectivity index (χ3n) is 2.64. The van der Waals surface area contributed by atoms with Gasteiger partial charge in [0.2, 0.25) is 0 Å². The molecule has 1 rings (SSSR count). The fourth-order valence-corrected chi connectivity index (χ4v) is 1.97. The summed E-state index contributed by atoms with van der Waals surface area (Å²) in [7, 11) is 0. The number of aliphatic hydroxyl groups is 1. The first-order valence-electron chi connectivity index (χ1n) is 4.68. The fourth-order valence-electron chi connectivity index (χ4n) is 1.88. The van der Waals surface area contributed by atoms with Crippen LogP contribution in [-0.4, -0.2) is 11.2 Å². The molecule has 1 fully saturated rings. The highest BCUT2D eigenvalue weighted by atomic mass is 35.5. The van der Waals surface area contributed by atoms with E-state index in [1.54, 1.807) is 5.54 Å². The molecule has 0 bridgehead atoms. The average Bonchev–Trinajstić information content (AvgIpc) is 2.09. The molecule has 70 valence electrons. The highest BCUT2D eigenvalue weighted by Gasteiger charge is 2.22. The molecule has 1 N–H and O–H groups in total. The van der Waals surface area contributed by atoms with E-state index in [0.29, 0.717) is 5.92 Å². The van der Waals surface area contributed by atoms with E-state index in [0.717, 1.165) is 19.3 Å². The quantitative estimate of drug-likeness (QED) is 0.706. The molecule has 0 aromatic heterocycles. The third kappa shape index (κ3) is 2.80. The maximum atomic E-state index is 9.64. The van der Waals surface area contributed by atoms with Gasteiger partial charge in [-0.15, -0.1) is 0 Å². The summed E-state index contributed by atoms with van der Waals surface area (Å²) in [6, 6.07) is 0. The minimum atomic E-state index is -0.0923. The zero-order valence-electron chi connectivity index (χ0n) is 7.59. The molecule has 1 saturated carbocycles. The lowest BCUT2D eigenvalue weighted by Gasteiger charge is -2.27. The monoisotopic (exact) mass is 188 g/mol. The lowest BCUT2D eigenvalue weighted by Crippen LogP contribution is -2.24. The Hall–Kier alpha value is -0.0100. The molecule has 0 amide bonds. The Morgan fingerprint density at radius 2 is 2.17 bits per heavy atom. The second-order valence-electron chi connectivity index (χ2n) is 3.77. The van der Waals surface area contributed by atoms with Crippen LogP contribution < -0.4 is 0 Å². The molecule has 2 atom stereocenters. The largest absolute Gasteiger partial charge is 0.393 e. The lowest BCUT2D eigenvalue weighted by atomic mass is 9.83. The summed E-state index contributed by atoms with van der Waals surface area (Å²) in [4.78, 5) is 0. The smallest absolute Gasteiger partial charge is 0.0571 e. The fraction of sp³-hybridized carbons (Fsp3) is 0.800. The van der Waals surface area contributed by atoms with Crippen molar-refractivity contribution in [3.05, 3.63) is 11.1 Å². The van der Waals surface area contributed by atoms with Gasteiger partial charge in [-0.3, -0.25) is 0 Å². The van der Waals surface area contributed by atoms with Gasteiger partial charge >= 0.3 is 0 Å². The molecular weight excluding hydrogens is 172 g/mol. The van der Waals surface area contributed by atoms with E-state index < -0.39 is 0 Å². The number of hydrogen-bond donors (Lipinski definition) is 1. The molecule has 0 radical (unpaired) electrons. The van der Waals surface area contributed by atoms with Crippen LogP contribution in [0, 0.1) is 5.92 Å². The van der Waals surface area contributed by atoms with Gasteiger partial charge in [-0.1, -0.05) is 30.0 Å². The van der Waals surface area contributed by atoms with Crippen LogP contribution in [0.2, 0.25) is 0 Å². The summed E-state index contributed by atoms with van der Waals surface area (Å²) < 4.78 is 0. The van der Waals surface area contributed by atoms with Crippen molar-refractivity contribution in [3.63, 3.8) is 0 Å². The molecule has 0 saturated heterocycles. The molecule has 2 unspecified atom stereocenters. The summed E-state index contributed by atoms with van der Waals surface area (Å²) in [5.41, 5.74) is 2.81. The van der Waals surface area contributed by atoms with Crippen LogP contribution in [0.5, 0.6) is 0 Å². The highest BCUT2D eigenvalue weighted by molar-refractivity contribution is 6.25. The lowest BCUT2D eigenvalue weighted by molar-refractivity contribution is 0.0700. The molecule has 2 heteroatoms. The van der Waals surface area contributed by atoms with Crippen LogP contribution in [0.3, 0.4) is 0 Å². The summed E-state index contributed by atoms with van der Waals surface area (Å²) >= 11 is 5.58. The van der Waals surface area contributed by atoms with E-state index in [1.807, 2.05) is 6.92 Å². The SMILES string of the molecule is CC(=CCl)CC1CCCCC1O. The Labute approximate surface area is 79.4 Å². The van der Waals surface area contributed by atoms with Crippen LogP contribution in [0.1, 0.15) is 39.0 Å². The van der Waals surface area contributed by atoms with Gasteiger partial charge in [0, 0.05) is 5.54 Å². The predicted molar refractivity (Wildman–Crippen MR) is 52.2 cm³/mol. The van der Waals surface area contributed by atoms with Crippen molar-refractivity contribution in [1.29, 1.82) is 0 Å². The molecule has 0 aromatic carbocycles. The molecule has 12 heavy (non-hydrogen) atoms. The number of aliphatic hydroxyl groups excluding tert-OH is 1. The average molecular weight is 189 g/mol. The van der Waals surface area contributed by atoms with E-state index in [-0.39, 0.29) is 6.10 Å². The summed E-state index contributed by atoms with van der Waals surface area (Å²) in [6.07, 6.45) is 5.44. The van der Waals surface area contributed by atoms with Gasteiger partial charge in [-0.25, -0.2) is 0 Å². The van der Waals surface area contributed by atoms with E-state index >= 15 is 0 Å². The van der Waals surface area contributed by atoms with Crippen LogP contribution in [0.4, 0.5) is 0 Å². The van der Waals surface area contributed by atoms with E-state index in [9.17, 15) is 5.11 Å². The Balaban J connectivity index is 2.39. The summed E-state index contributed by atoms with van der Waals surface area (Å²) in [5.74, 6) is 0.453. The molecule has 1 aliphatic carbocycles. The number of allylic oxidation sites excluding steroid dienone is 1. The first-order valence-corrected chi connectivity index (χ1v) is 5.11. The first kappa shape index (κ1) is 10.1. The zero-order chi connectivity index (χ0) is 8.97. The van der Waals surface area contributed by atoms with Crippen LogP contribution in [-0.2, 0) is 0 Å². The molecular formula is C10H17ClO. The number of rotatable bonds is 2. The van der Waals surface area contributed by atoms with Gasteiger partial charge < -0.3 is 5.11 Å². The van der Waals surface area contributed by atoms with Crippen LogP contribution >= 0.6 is 11.6 Å². The Morgan fingerprint density at radius 1 is 1.50 bits per heavy atom. The van der Waals surface area contributed by atoms with Gasteiger partial charge in [0.05, 0.1) is 6.10 Å². The molecule has 0 aromatic rings. The van der Waals surface area contributed by atoms with Crippen molar-refractivity contribution in [2.75, 3.05) is 0 Å². The molecule has 0 spiro atoms. The van der Waals surface area contributed by atoms with Gasteiger partial charge in [0.25, 0.3) is 0 Å². The Kier molecular flexibility index (Phi) is 4.10. The van der Waals surface area contributed by atoms with E-state index in [4.69, 9.17) is 11.6 Å². The highest BCUT2D eigenvalue weighted by Crippen LogP contribution is 2.29. The van der Waals surface area contributed by atoms with Gasteiger partial charge in [-0.2, -0.15) is 0 Å². The molecule has 1 aliphatic rings. The predicted octanol–water partition coefficient (Wildman–Crippen LogP) is 3.07. The second-order valence-corrected chi connectivity index (χ2v) is 3.99. The molecule has 0 heterocycles. The first-order chi connectivity index (χ1) is 5.74. The second kappa shape index (κ2) is 4.88. The van der Waals surface area contributed by atoms with Gasteiger partial charge in [0.15, 0.2) is 0 Å². The van der Waals surface area contributed by atoms with Gasteiger partial charge in [-0.05, 0) is 32.1 Å². The van der Waals surface area contributed by atoms with E-state index in [1.165, 1.54) is 18.4 Å². The van der Waals surface area contributed by atoms with Crippen LogP contribution in [0.25, 0.3) is 0 Å². The van der Waals surface area contributed by atoms with Crippen molar-refractivity contribution in [1.82, 2.24) is 0 Å². The summed E-state index contributed by atoms with van der Waals surface area (Å²) in [6.45, 7) is 2.02. The van der Waals surface area contributed by atoms with Crippen molar-refractivity contribution >= 4 is 11.6 Å². The molecule has 1 nitrogen and oxygen atoms in total. The minimum absolute atomic E-state index is 0.0923. The Morgan fingerprint density at radius 3 is 2.75 bits per heavy atom. The summed E-state index contributed by atoms with van der Waals surface area (Å²) in [5, 5.41) is 9.64. The van der Waals surface area contributed by atoms with Gasteiger partial charge in [0.1, 0.15) is 0 Å². The normalized spacial score (nSPS) is 32.1. The third-order valence-corrected chi connectivity index (χ3v) is 3.01.